The smallest absolute Gasteiger partial charge is 0.119 e. The Balaban J connectivity index is 2.27. The minimum atomic E-state index is 0.505. The van der Waals surface area contributed by atoms with E-state index >= 15 is 0 Å². The van der Waals surface area contributed by atoms with Crippen molar-refractivity contribution >= 4 is 15.9 Å². The maximum Gasteiger partial charge on any atom is 0.119 e. The summed E-state index contributed by atoms with van der Waals surface area (Å²) in [4.78, 5) is 0. The third-order valence-corrected chi connectivity index (χ3v) is 3.15. The van der Waals surface area contributed by atoms with Gasteiger partial charge in [0.15, 0.2) is 0 Å². The molecule has 4 heteroatoms. The topological polar surface area (TPSA) is 44.5 Å². The highest BCUT2D eigenvalue weighted by molar-refractivity contribution is 9.10. The number of benzene rings is 1. The predicted molar refractivity (Wildman–Crippen MR) is 73.3 cm³/mol. The zero-order valence-electron chi connectivity index (χ0n) is 10.2. The van der Waals surface area contributed by atoms with Crippen LogP contribution in [0, 0.1) is 0 Å². The van der Waals surface area contributed by atoms with Gasteiger partial charge in [-0.25, -0.2) is 0 Å². The van der Waals surface area contributed by atoms with Crippen LogP contribution in [0.25, 0.3) is 0 Å². The molecule has 0 aliphatic rings. The van der Waals surface area contributed by atoms with Gasteiger partial charge in [0.2, 0.25) is 0 Å². The lowest BCUT2D eigenvalue weighted by Gasteiger charge is -2.09. The average molecular weight is 302 g/mol. The summed E-state index contributed by atoms with van der Waals surface area (Å²) in [6, 6.07) is 5.83. The molecule has 0 atom stereocenters. The largest absolute Gasteiger partial charge is 0.491 e. The van der Waals surface area contributed by atoms with Crippen molar-refractivity contribution in [3.05, 3.63) is 28.2 Å². The highest BCUT2D eigenvalue weighted by Crippen LogP contribution is 2.22. The molecule has 0 amide bonds. The standard InChI is InChI=1S/C13H20BrNO2/c1-2-3-6-16-7-8-17-12-4-5-13(14)11(9-12)10-15/h4-5,9H,2-3,6-8,10,15H2,1H3. The Hall–Kier alpha value is -0.580. The first-order valence-corrected chi connectivity index (χ1v) is 6.76. The summed E-state index contributed by atoms with van der Waals surface area (Å²) < 4.78 is 12.0. The van der Waals surface area contributed by atoms with Crippen molar-refractivity contribution in [2.45, 2.75) is 26.3 Å². The van der Waals surface area contributed by atoms with Crippen LogP contribution in [-0.4, -0.2) is 19.8 Å². The number of rotatable bonds is 8. The summed E-state index contributed by atoms with van der Waals surface area (Å²) in [5.74, 6) is 0.841. The van der Waals surface area contributed by atoms with E-state index in [9.17, 15) is 0 Å². The second-order valence-electron chi connectivity index (χ2n) is 3.77. The van der Waals surface area contributed by atoms with Crippen molar-refractivity contribution in [3.63, 3.8) is 0 Å². The molecular weight excluding hydrogens is 282 g/mol. The first-order valence-electron chi connectivity index (χ1n) is 5.97. The molecule has 96 valence electrons. The zero-order chi connectivity index (χ0) is 12.5. The van der Waals surface area contributed by atoms with E-state index in [1.807, 2.05) is 18.2 Å². The summed E-state index contributed by atoms with van der Waals surface area (Å²) in [6.45, 7) is 4.68. The molecular formula is C13H20BrNO2. The van der Waals surface area contributed by atoms with Crippen molar-refractivity contribution in [2.24, 2.45) is 5.73 Å². The quantitative estimate of drug-likeness (QED) is 0.750. The first kappa shape index (κ1) is 14.5. The zero-order valence-corrected chi connectivity index (χ0v) is 11.8. The second kappa shape index (κ2) is 8.50. The van der Waals surface area contributed by atoms with Gasteiger partial charge in [-0.05, 0) is 30.2 Å². The van der Waals surface area contributed by atoms with E-state index < -0.39 is 0 Å². The van der Waals surface area contributed by atoms with E-state index in [1.54, 1.807) is 0 Å². The Morgan fingerprint density at radius 2 is 2.06 bits per heavy atom. The van der Waals surface area contributed by atoms with Crippen molar-refractivity contribution in [2.75, 3.05) is 19.8 Å². The van der Waals surface area contributed by atoms with Gasteiger partial charge in [0.25, 0.3) is 0 Å². The predicted octanol–water partition coefficient (Wildman–Crippen LogP) is 3.10. The summed E-state index contributed by atoms with van der Waals surface area (Å²) >= 11 is 3.44. The van der Waals surface area contributed by atoms with Crippen molar-refractivity contribution < 1.29 is 9.47 Å². The molecule has 0 spiro atoms. The molecule has 17 heavy (non-hydrogen) atoms. The highest BCUT2D eigenvalue weighted by Gasteiger charge is 2.00. The molecule has 0 aromatic heterocycles. The summed E-state index contributed by atoms with van der Waals surface area (Å²) in [5, 5.41) is 0. The summed E-state index contributed by atoms with van der Waals surface area (Å²) in [5.41, 5.74) is 6.67. The van der Waals surface area contributed by atoms with E-state index in [1.165, 1.54) is 0 Å². The van der Waals surface area contributed by atoms with Crippen LogP contribution in [0.4, 0.5) is 0 Å². The first-order chi connectivity index (χ1) is 8.27. The third kappa shape index (κ3) is 5.52. The molecule has 0 unspecified atom stereocenters. The van der Waals surface area contributed by atoms with E-state index in [0.29, 0.717) is 19.8 Å². The van der Waals surface area contributed by atoms with Crippen LogP contribution in [-0.2, 0) is 11.3 Å². The van der Waals surface area contributed by atoms with E-state index in [4.69, 9.17) is 15.2 Å². The van der Waals surface area contributed by atoms with Crippen LogP contribution < -0.4 is 10.5 Å². The Morgan fingerprint density at radius 3 is 2.76 bits per heavy atom. The SMILES string of the molecule is CCCCOCCOc1ccc(Br)c(CN)c1. The minimum Gasteiger partial charge on any atom is -0.491 e. The Morgan fingerprint density at radius 1 is 1.24 bits per heavy atom. The minimum absolute atomic E-state index is 0.505. The monoisotopic (exact) mass is 301 g/mol. The van der Waals surface area contributed by atoms with Crippen molar-refractivity contribution in [1.82, 2.24) is 0 Å². The molecule has 1 aromatic rings. The molecule has 0 saturated heterocycles. The molecule has 0 heterocycles. The van der Waals surface area contributed by atoms with E-state index in [0.717, 1.165) is 35.2 Å². The molecule has 0 saturated carbocycles. The fraction of sp³-hybridized carbons (Fsp3) is 0.538. The third-order valence-electron chi connectivity index (χ3n) is 2.38. The molecule has 1 aromatic carbocycles. The molecule has 0 fully saturated rings. The van der Waals surface area contributed by atoms with Crippen LogP contribution in [0.2, 0.25) is 0 Å². The number of hydrogen-bond donors (Lipinski definition) is 1. The molecule has 1 rings (SSSR count). The summed E-state index contributed by atoms with van der Waals surface area (Å²) in [7, 11) is 0. The molecule has 3 nitrogen and oxygen atoms in total. The molecule has 0 bridgehead atoms. The second-order valence-corrected chi connectivity index (χ2v) is 4.63. The van der Waals surface area contributed by atoms with E-state index in [-0.39, 0.29) is 0 Å². The molecule has 2 N–H and O–H groups in total. The highest BCUT2D eigenvalue weighted by atomic mass is 79.9. The van der Waals surface area contributed by atoms with Crippen molar-refractivity contribution in [3.8, 4) is 5.75 Å². The lowest BCUT2D eigenvalue weighted by atomic mass is 10.2. The molecule has 0 radical (unpaired) electrons. The Bertz CT molecular complexity index is 331. The average Bonchev–Trinajstić information content (AvgIpc) is 2.35. The number of nitrogens with two attached hydrogens (primary N) is 1. The summed E-state index contributed by atoms with van der Waals surface area (Å²) in [6.07, 6.45) is 2.27. The fourth-order valence-electron chi connectivity index (χ4n) is 1.36. The van der Waals surface area contributed by atoms with Gasteiger partial charge >= 0.3 is 0 Å². The van der Waals surface area contributed by atoms with Crippen LogP contribution >= 0.6 is 15.9 Å². The van der Waals surface area contributed by atoms with Gasteiger partial charge in [0.05, 0.1) is 6.61 Å². The van der Waals surface area contributed by atoms with Gasteiger partial charge in [0, 0.05) is 17.6 Å². The Labute approximate surface area is 111 Å². The fourth-order valence-corrected chi connectivity index (χ4v) is 1.77. The van der Waals surface area contributed by atoms with Crippen LogP contribution in [0.1, 0.15) is 25.3 Å². The van der Waals surface area contributed by atoms with Crippen molar-refractivity contribution in [1.29, 1.82) is 0 Å². The van der Waals surface area contributed by atoms with Gasteiger partial charge in [-0.1, -0.05) is 29.3 Å². The van der Waals surface area contributed by atoms with Crippen LogP contribution in [0.5, 0.6) is 5.75 Å². The normalized spacial score (nSPS) is 10.5. The van der Waals surface area contributed by atoms with E-state index in [2.05, 4.69) is 22.9 Å². The van der Waals surface area contributed by atoms with Gasteiger partial charge in [-0.3, -0.25) is 0 Å². The molecule has 0 aliphatic heterocycles. The van der Waals surface area contributed by atoms with Crippen LogP contribution in [0.3, 0.4) is 0 Å². The van der Waals surface area contributed by atoms with Gasteiger partial charge in [-0.2, -0.15) is 0 Å². The lowest BCUT2D eigenvalue weighted by molar-refractivity contribution is 0.0980. The lowest BCUT2D eigenvalue weighted by Crippen LogP contribution is -2.08. The van der Waals surface area contributed by atoms with Gasteiger partial charge in [-0.15, -0.1) is 0 Å². The number of halogens is 1. The van der Waals surface area contributed by atoms with Crippen LogP contribution in [0.15, 0.2) is 22.7 Å². The number of ether oxygens (including phenoxy) is 2. The van der Waals surface area contributed by atoms with Gasteiger partial charge in [0.1, 0.15) is 12.4 Å². The number of unbranched alkanes of at least 4 members (excludes halogenated alkanes) is 1. The van der Waals surface area contributed by atoms with Gasteiger partial charge < -0.3 is 15.2 Å². The number of hydrogen-bond acceptors (Lipinski definition) is 3. The maximum atomic E-state index is 5.62. The molecule has 0 aliphatic carbocycles. The Kier molecular flexibility index (Phi) is 7.24. The maximum absolute atomic E-state index is 5.62.